The van der Waals surface area contributed by atoms with Crippen LogP contribution in [0.25, 0.3) is 122 Å². The summed E-state index contributed by atoms with van der Waals surface area (Å²) in [7, 11) is 0. The molecule has 0 amide bonds. The molecule has 0 saturated carbocycles. The van der Waals surface area contributed by atoms with E-state index in [1.807, 2.05) is 42.5 Å². The monoisotopic (exact) mass is 805 g/mol. The second-order valence-electron chi connectivity index (χ2n) is 16.0. The fourth-order valence-corrected chi connectivity index (χ4v) is 9.46. The van der Waals surface area contributed by atoms with Crippen LogP contribution in [0.15, 0.2) is 217 Å². The third kappa shape index (κ3) is 5.62. The minimum Gasteiger partial charge on any atom is -0.456 e. The van der Waals surface area contributed by atoms with Crippen LogP contribution >= 0.6 is 0 Å². The molecule has 0 spiro atoms. The molecule has 0 fully saturated rings. The Labute approximate surface area is 361 Å². The number of rotatable bonds is 6. The first-order valence-corrected chi connectivity index (χ1v) is 21.2. The van der Waals surface area contributed by atoms with Crippen molar-refractivity contribution < 1.29 is 4.42 Å². The van der Waals surface area contributed by atoms with Crippen LogP contribution in [0.4, 0.5) is 0 Å². The molecule has 0 unspecified atom stereocenters. The van der Waals surface area contributed by atoms with E-state index in [2.05, 4.69) is 179 Å². The fraction of sp³-hybridized carbons (Fsp3) is 0. The van der Waals surface area contributed by atoms with Crippen LogP contribution in [0.1, 0.15) is 0 Å². The van der Waals surface area contributed by atoms with E-state index in [-0.39, 0.29) is 0 Å². The van der Waals surface area contributed by atoms with E-state index in [4.69, 9.17) is 19.4 Å². The molecule has 0 atom stereocenters. The van der Waals surface area contributed by atoms with Crippen LogP contribution in [-0.4, -0.2) is 24.1 Å². The largest absolute Gasteiger partial charge is 0.456 e. The first-order chi connectivity index (χ1) is 31.2. The van der Waals surface area contributed by atoms with Gasteiger partial charge in [-0.1, -0.05) is 164 Å². The third-order valence-electron chi connectivity index (χ3n) is 12.4. The van der Waals surface area contributed by atoms with Gasteiger partial charge in [0.2, 0.25) is 5.95 Å². The molecule has 0 saturated heterocycles. The maximum atomic E-state index is 6.36. The highest BCUT2D eigenvalue weighted by Crippen LogP contribution is 2.42. The molecule has 13 aromatic rings. The van der Waals surface area contributed by atoms with Crippen molar-refractivity contribution in [3.8, 4) is 56.7 Å². The van der Waals surface area contributed by atoms with Gasteiger partial charge in [-0.2, -0.15) is 9.97 Å². The highest BCUT2D eigenvalue weighted by Gasteiger charge is 2.24. The number of nitrogens with zero attached hydrogens (tertiary/aromatic N) is 5. The van der Waals surface area contributed by atoms with Gasteiger partial charge in [0, 0.05) is 49.1 Å². The summed E-state index contributed by atoms with van der Waals surface area (Å²) in [5.74, 6) is 1.69. The van der Waals surface area contributed by atoms with Gasteiger partial charge in [-0.3, -0.25) is 4.57 Å². The van der Waals surface area contributed by atoms with Crippen molar-refractivity contribution in [3.05, 3.63) is 212 Å². The number of furan rings is 1. The van der Waals surface area contributed by atoms with Gasteiger partial charge in [0.25, 0.3) is 0 Å². The molecular formula is C57H35N5O. The summed E-state index contributed by atoms with van der Waals surface area (Å²) in [6.45, 7) is 0. The predicted octanol–water partition coefficient (Wildman–Crippen LogP) is 14.6. The van der Waals surface area contributed by atoms with Crippen LogP contribution in [0.2, 0.25) is 0 Å². The SMILES string of the molecule is c1ccc(-c2cccc(-c3ccc(-n4c5ccccc5c5ccc6c7ccccc7n(-c7nc(-c8ccccc8)nc(-c8ccc9c(c8)oc8ccccc89)n7)c6c54)cc3)c2)cc1. The zero-order chi connectivity index (χ0) is 41.4. The molecule has 294 valence electrons. The van der Waals surface area contributed by atoms with E-state index in [1.165, 1.54) is 22.1 Å². The van der Waals surface area contributed by atoms with Crippen LogP contribution in [-0.2, 0) is 0 Å². The average molecular weight is 806 g/mol. The summed E-state index contributed by atoms with van der Waals surface area (Å²) >= 11 is 0. The second-order valence-corrected chi connectivity index (χ2v) is 16.0. The maximum absolute atomic E-state index is 6.36. The molecule has 13 rings (SSSR count). The van der Waals surface area contributed by atoms with Crippen LogP contribution in [0.3, 0.4) is 0 Å². The van der Waals surface area contributed by atoms with Gasteiger partial charge in [-0.25, -0.2) is 4.98 Å². The number of hydrogen-bond donors (Lipinski definition) is 0. The van der Waals surface area contributed by atoms with Crippen molar-refractivity contribution in [2.24, 2.45) is 0 Å². The molecule has 6 nitrogen and oxygen atoms in total. The molecule has 0 aliphatic carbocycles. The highest BCUT2D eigenvalue weighted by atomic mass is 16.3. The topological polar surface area (TPSA) is 61.7 Å². The van der Waals surface area contributed by atoms with Crippen LogP contribution in [0.5, 0.6) is 0 Å². The Balaban J connectivity index is 1.06. The number of aromatic nitrogens is 5. The summed E-state index contributed by atoms with van der Waals surface area (Å²) in [6, 6.07) is 74.6. The molecule has 4 aromatic heterocycles. The smallest absolute Gasteiger partial charge is 0.238 e. The van der Waals surface area contributed by atoms with E-state index in [0.29, 0.717) is 17.6 Å². The van der Waals surface area contributed by atoms with Crippen LogP contribution < -0.4 is 0 Å². The standard InChI is InChI=1S/C57H35N5O/c1-3-14-36(15-4-1)39-18-13-19-40(34-39)37-26-29-42(30-27-37)61-49-23-10-7-20-43(49)47-32-33-48-44-21-8-11-24-50(44)62(54(48)53(47)61)57-59-55(38-16-5-2-6-17-38)58-56(60-57)41-28-31-46-45-22-9-12-25-51(45)63-52(46)35-41/h1-35H. The Morgan fingerprint density at radius 3 is 1.49 bits per heavy atom. The Bertz CT molecular complexity index is 3900. The Morgan fingerprint density at radius 1 is 0.302 bits per heavy atom. The lowest BCUT2D eigenvalue weighted by molar-refractivity contribution is 0.669. The van der Waals surface area contributed by atoms with Gasteiger partial charge in [-0.05, 0) is 70.8 Å². The zero-order valence-electron chi connectivity index (χ0n) is 33.9. The van der Waals surface area contributed by atoms with Crippen molar-refractivity contribution >= 4 is 65.6 Å². The first-order valence-electron chi connectivity index (χ1n) is 21.2. The van der Waals surface area contributed by atoms with Crippen LogP contribution in [0, 0.1) is 0 Å². The summed E-state index contributed by atoms with van der Waals surface area (Å²) < 4.78 is 11.0. The van der Waals surface area contributed by atoms with E-state index in [0.717, 1.165) is 82.5 Å². The van der Waals surface area contributed by atoms with E-state index >= 15 is 0 Å². The lowest BCUT2D eigenvalue weighted by Gasteiger charge is -2.14. The van der Waals surface area contributed by atoms with E-state index in [1.54, 1.807) is 0 Å². The van der Waals surface area contributed by atoms with Crippen molar-refractivity contribution in [1.29, 1.82) is 0 Å². The molecule has 63 heavy (non-hydrogen) atoms. The van der Waals surface area contributed by atoms with Gasteiger partial charge in [0.15, 0.2) is 11.6 Å². The summed E-state index contributed by atoms with van der Waals surface area (Å²) in [4.78, 5) is 15.8. The summed E-state index contributed by atoms with van der Waals surface area (Å²) in [5.41, 5.74) is 13.4. The molecular weight excluding hydrogens is 771 g/mol. The molecule has 0 aliphatic heterocycles. The van der Waals surface area contributed by atoms with Crippen molar-refractivity contribution in [1.82, 2.24) is 24.1 Å². The zero-order valence-corrected chi connectivity index (χ0v) is 33.9. The quantitative estimate of drug-likeness (QED) is 0.168. The van der Waals surface area contributed by atoms with Gasteiger partial charge >= 0.3 is 0 Å². The van der Waals surface area contributed by atoms with Gasteiger partial charge in [0.05, 0.1) is 22.1 Å². The average Bonchev–Trinajstić information content (AvgIpc) is 4.02. The highest BCUT2D eigenvalue weighted by molar-refractivity contribution is 6.23. The van der Waals surface area contributed by atoms with E-state index < -0.39 is 0 Å². The van der Waals surface area contributed by atoms with Gasteiger partial charge in [0.1, 0.15) is 11.2 Å². The van der Waals surface area contributed by atoms with Crippen molar-refractivity contribution in [2.45, 2.75) is 0 Å². The lowest BCUT2D eigenvalue weighted by Crippen LogP contribution is -2.07. The molecule has 4 heterocycles. The minimum absolute atomic E-state index is 0.535. The molecule has 9 aromatic carbocycles. The molecule has 0 N–H and O–H groups in total. The number of para-hydroxylation sites is 3. The summed E-state index contributed by atoms with van der Waals surface area (Å²) in [6.07, 6.45) is 0. The van der Waals surface area contributed by atoms with Gasteiger partial charge < -0.3 is 8.98 Å². The molecule has 6 heteroatoms. The third-order valence-corrected chi connectivity index (χ3v) is 12.4. The lowest BCUT2D eigenvalue weighted by atomic mass is 9.99. The Morgan fingerprint density at radius 2 is 0.794 bits per heavy atom. The van der Waals surface area contributed by atoms with Crippen molar-refractivity contribution in [2.75, 3.05) is 0 Å². The minimum atomic E-state index is 0.535. The normalized spacial score (nSPS) is 11.8. The second kappa shape index (κ2) is 14.0. The fourth-order valence-electron chi connectivity index (χ4n) is 9.46. The molecule has 0 radical (unpaired) electrons. The number of fused-ring (bicyclic) bond motifs is 10. The Kier molecular flexibility index (Phi) is 7.80. The van der Waals surface area contributed by atoms with Crippen molar-refractivity contribution in [3.63, 3.8) is 0 Å². The molecule has 0 aliphatic rings. The number of benzene rings is 9. The Hall–Kier alpha value is -8.61. The molecule has 0 bridgehead atoms. The predicted molar refractivity (Wildman–Crippen MR) is 258 cm³/mol. The number of hydrogen-bond acceptors (Lipinski definition) is 4. The summed E-state index contributed by atoms with van der Waals surface area (Å²) in [5, 5.41) is 6.69. The maximum Gasteiger partial charge on any atom is 0.238 e. The van der Waals surface area contributed by atoms with Gasteiger partial charge in [-0.15, -0.1) is 0 Å². The first kappa shape index (κ1) is 35.2. The van der Waals surface area contributed by atoms with E-state index in [9.17, 15) is 0 Å².